The van der Waals surface area contributed by atoms with Crippen LogP contribution in [0.25, 0.3) is 0 Å². The van der Waals surface area contributed by atoms with Crippen LogP contribution in [0.15, 0.2) is 23.1 Å². The van der Waals surface area contributed by atoms with Crippen LogP contribution in [0.1, 0.15) is 5.56 Å². The Hall–Kier alpha value is -0.980. The van der Waals surface area contributed by atoms with E-state index in [1.807, 2.05) is 0 Å². The Morgan fingerprint density at radius 1 is 1.35 bits per heavy atom. The van der Waals surface area contributed by atoms with E-state index in [0.717, 1.165) is 6.07 Å². The van der Waals surface area contributed by atoms with E-state index in [2.05, 4.69) is 0 Å². The van der Waals surface area contributed by atoms with E-state index in [4.69, 9.17) is 10.5 Å². The molecule has 0 spiro atoms. The zero-order chi connectivity index (χ0) is 12.9. The smallest absolute Gasteiger partial charge is 0.180 e. The van der Waals surface area contributed by atoms with Crippen LogP contribution in [0.3, 0.4) is 0 Å². The number of hydrogen-bond acceptors (Lipinski definition) is 4. The normalized spacial score (nSPS) is 11.7. The maximum atomic E-state index is 12.9. The van der Waals surface area contributed by atoms with Crippen LogP contribution >= 0.6 is 0 Å². The van der Waals surface area contributed by atoms with E-state index in [9.17, 15) is 12.8 Å². The molecular weight excluding hydrogens is 245 g/mol. The van der Waals surface area contributed by atoms with Gasteiger partial charge in [-0.1, -0.05) is 0 Å². The first-order chi connectivity index (χ1) is 7.97. The fourth-order valence-electron chi connectivity index (χ4n) is 1.43. The Morgan fingerprint density at radius 2 is 2.06 bits per heavy atom. The first kappa shape index (κ1) is 14.1. The van der Waals surface area contributed by atoms with Crippen LogP contribution in [0.4, 0.5) is 4.39 Å². The molecule has 96 valence electrons. The zero-order valence-corrected chi connectivity index (χ0v) is 10.5. The molecule has 17 heavy (non-hydrogen) atoms. The number of halogens is 1. The Labute approximate surface area is 101 Å². The predicted octanol–water partition coefficient (Wildman–Crippen LogP) is 0.883. The van der Waals surface area contributed by atoms with Crippen molar-refractivity contribution in [2.45, 2.75) is 11.8 Å². The Morgan fingerprint density at radius 3 is 2.65 bits per heavy atom. The van der Waals surface area contributed by atoms with Gasteiger partial charge in [-0.3, -0.25) is 0 Å². The molecule has 1 aromatic carbocycles. The van der Waals surface area contributed by atoms with Crippen molar-refractivity contribution < 1.29 is 17.5 Å². The summed E-state index contributed by atoms with van der Waals surface area (Å²) in [5, 5.41) is 0. The van der Waals surface area contributed by atoms with Gasteiger partial charge in [0.05, 0.1) is 23.9 Å². The van der Waals surface area contributed by atoms with Crippen molar-refractivity contribution in [3.05, 3.63) is 29.6 Å². The highest BCUT2D eigenvalue weighted by molar-refractivity contribution is 7.91. The van der Waals surface area contributed by atoms with Crippen molar-refractivity contribution in [2.24, 2.45) is 5.73 Å². The Kier molecular flexibility index (Phi) is 5.04. The minimum Gasteiger partial charge on any atom is -0.379 e. The second-order valence-electron chi connectivity index (χ2n) is 3.63. The largest absolute Gasteiger partial charge is 0.379 e. The highest BCUT2D eigenvalue weighted by Gasteiger charge is 2.17. The molecule has 0 unspecified atom stereocenters. The lowest BCUT2D eigenvalue weighted by molar-refractivity contribution is 0.157. The molecule has 0 bridgehead atoms. The second kappa shape index (κ2) is 6.09. The summed E-state index contributed by atoms with van der Waals surface area (Å²) in [5.41, 5.74) is 5.62. The van der Waals surface area contributed by atoms with Crippen molar-refractivity contribution in [2.75, 3.05) is 25.5 Å². The monoisotopic (exact) mass is 261 g/mol. The Bertz CT molecular complexity index is 474. The molecule has 0 saturated heterocycles. The highest BCUT2D eigenvalue weighted by Crippen LogP contribution is 2.17. The lowest BCUT2D eigenvalue weighted by atomic mass is 10.2. The highest BCUT2D eigenvalue weighted by atomic mass is 32.2. The fourth-order valence-corrected chi connectivity index (χ4v) is 2.81. The van der Waals surface area contributed by atoms with E-state index >= 15 is 0 Å². The maximum absolute atomic E-state index is 12.9. The van der Waals surface area contributed by atoms with Gasteiger partial charge in [0.25, 0.3) is 0 Å². The van der Waals surface area contributed by atoms with E-state index in [-0.39, 0.29) is 17.3 Å². The molecule has 0 amide bonds. The van der Waals surface area contributed by atoms with Gasteiger partial charge in [-0.15, -0.1) is 0 Å². The van der Waals surface area contributed by atoms with Gasteiger partial charge in [-0.05, 0) is 30.7 Å². The lowest BCUT2D eigenvalue weighted by Gasteiger charge is -2.08. The molecular formula is C11H16FNO3S. The van der Waals surface area contributed by atoms with Crippen molar-refractivity contribution in [3.8, 4) is 0 Å². The second-order valence-corrected chi connectivity index (χ2v) is 5.71. The number of aryl methyl sites for hydroxylation is 1. The van der Waals surface area contributed by atoms with Gasteiger partial charge in [-0.25, -0.2) is 12.8 Å². The van der Waals surface area contributed by atoms with E-state index in [0.29, 0.717) is 18.7 Å². The fraction of sp³-hybridized carbons (Fsp3) is 0.455. The summed E-state index contributed by atoms with van der Waals surface area (Å²) in [5.74, 6) is -0.569. The predicted molar refractivity (Wildman–Crippen MR) is 63.1 cm³/mol. The molecule has 0 aliphatic carbocycles. The van der Waals surface area contributed by atoms with Crippen LogP contribution in [-0.4, -0.2) is 33.9 Å². The third-order valence-electron chi connectivity index (χ3n) is 2.23. The van der Waals surface area contributed by atoms with Crippen LogP contribution in [0.5, 0.6) is 0 Å². The molecule has 2 N–H and O–H groups in total. The van der Waals surface area contributed by atoms with Gasteiger partial charge >= 0.3 is 0 Å². The van der Waals surface area contributed by atoms with Crippen molar-refractivity contribution in [1.29, 1.82) is 0 Å². The summed E-state index contributed by atoms with van der Waals surface area (Å²) < 4.78 is 41.7. The number of nitrogens with two attached hydrogens (primary N) is 1. The summed E-state index contributed by atoms with van der Waals surface area (Å²) in [4.78, 5) is 0.148. The van der Waals surface area contributed by atoms with Crippen molar-refractivity contribution >= 4 is 9.84 Å². The molecule has 0 radical (unpaired) electrons. The summed E-state index contributed by atoms with van der Waals surface area (Å²) in [6.07, 6.45) is 0. The van der Waals surface area contributed by atoms with E-state index in [1.54, 1.807) is 6.92 Å². The summed E-state index contributed by atoms with van der Waals surface area (Å²) in [7, 11) is -3.42. The van der Waals surface area contributed by atoms with Crippen LogP contribution in [-0.2, 0) is 14.6 Å². The molecule has 0 aliphatic rings. The number of benzene rings is 1. The van der Waals surface area contributed by atoms with Crippen molar-refractivity contribution in [1.82, 2.24) is 0 Å². The average molecular weight is 261 g/mol. The summed E-state index contributed by atoms with van der Waals surface area (Å²) in [6, 6.07) is 3.62. The topological polar surface area (TPSA) is 69.4 Å². The van der Waals surface area contributed by atoms with Crippen LogP contribution in [0.2, 0.25) is 0 Å². The molecule has 0 heterocycles. The van der Waals surface area contributed by atoms with Gasteiger partial charge < -0.3 is 10.5 Å². The van der Waals surface area contributed by atoms with Gasteiger partial charge in [0.15, 0.2) is 9.84 Å². The SMILES string of the molecule is Cc1cc(F)ccc1S(=O)(=O)CCOCCN. The third kappa shape index (κ3) is 4.07. The molecule has 6 heteroatoms. The maximum Gasteiger partial charge on any atom is 0.180 e. The number of ether oxygens (including phenoxy) is 1. The minimum atomic E-state index is -3.42. The number of rotatable bonds is 6. The molecule has 1 rings (SSSR count). The lowest BCUT2D eigenvalue weighted by Crippen LogP contribution is -2.16. The quantitative estimate of drug-likeness (QED) is 0.609. The molecule has 0 atom stereocenters. The number of hydrogen-bond donors (Lipinski definition) is 1. The summed E-state index contributed by atoms with van der Waals surface area (Å²) in [6.45, 7) is 2.35. The van der Waals surface area contributed by atoms with Crippen molar-refractivity contribution in [3.63, 3.8) is 0 Å². The third-order valence-corrected chi connectivity index (χ3v) is 4.06. The first-order valence-electron chi connectivity index (χ1n) is 5.24. The molecule has 0 aromatic heterocycles. The van der Waals surface area contributed by atoms with Gasteiger partial charge in [0, 0.05) is 6.54 Å². The van der Waals surface area contributed by atoms with Gasteiger partial charge in [-0.2, -0.15) is 0 Å². The molecule has 0 aliphatic heterocycles. The standard InChI is InChI=1S/C11H16FNO3S/c1-9-8-10(12)2-3-11(9)17(14,15)7-6-16-5-4-13/h2-3,8H,4-7,13H2,1H3. The average Bonchev–Trinajstić information content (AvgIpc) is 2.24. The van der Waals surface area contributed by atoms with E-state index in [1.165, 1.54) is 12.1 Å². The molecule has 4 nitrogen and oxygen atoms in total. The van der Waals surface area contributed by atoms with Crippen LogP contribution < -0.4 is 5.73 Å². The first-order valence-corrected chi connectivity index (χ1v) is 6.89. The molecule has 1 aromatic rings. The molecule has 0 saturated carbocycles. The van der Waals surface area contributed by atoms with Gasteiger partial charge in [0.1, 0.15) is 5.82 Å². The van der Waals surface area contributed by atoms with E-state index < -0.39 is 15.7 Å². The summed E-state index contributed by atoms with van der Waals surface area (Å²) >= 11 is 0. The number of sulfone groups is 1. The van der Waals surface area contributed by atoms with Crippen LogP contribution in [0, 0.1) is 12.7 Å². The minimum absolute atomic E-state index is 0.0936. The Balaban J connectivity index is 2.76. The van der Waals surface area contributed by atoms with Gasteiger partial charge in [0.2, 0.25) is 0 Å². The zero-order valence-electron chi connectivity index (χ0n) is 9.65. The molecule has 0 fully saturated rings.